The minimum atomic E-state index is -0.403. The van der Waals surface area contributed by atoms with E-state index in [9.17, 15) is 9.59 Å². The number of benzene rings is 1. The molecule has 5 heteroatoms. The summed E-state index contributed by atoms with van der Waals surface area (Å²) in [7, 11) is 1.34. The highest BCUT2D eigenvalue weighted by molar-refractivity contribution is 5.91. The van der Waals surface area contributed by atoms with Gasteiger partial charge in [0, 0.05) is 23.9 Å². The largest absolute Gasteiger partial charge is 0.465 e. The van der Waals surface area contributed by atoms with Gasteiger partial charge >= 0.3 is 5.97 Å². The normalized spacial score (nSPS) is 10.0. The zero-order valence-electron chi connectivity index (χ0n) is 12.1. The van der Waals surface area contributed by atoms with Crippen LogP contribution in [0.2, 0.25) is 0 Å². The second-order valence-corrected chi connectivity index (χ2v) is 4.64. The molecule has 2 rings (SSSR count). The second kappa shape index (κ2) is 6.17. The van der Waals surface area contributed by atoms with Crippen molar-refractivity contribution in [2.75, 3.05) is 12.4 Å². The molecule has 5 nitrogen and oxygen atoms in total. The van der Waals surface area contributed by atoms with E-state index in [1.807, 2.05) is 25.1 Å². The molecule has 1 aromatic heterocycles. The number of anilines is 1. The first-order valence-electron chi connectivity index (χ1n) is 6.44. The zero-order valence-corrected chi connectivity index (χ0v) is 12.1. The van der Waals surface area contributed by atoms with E-state index < -0.39 is 5.97 Å². The van der Waals surface area contributed by atoms with Crippen LogP contribution in [0.5, 0.6) is 0 Å². The fourth-order valence-corrected chi connectivity index (χ4v) is 2.01. The Hall–Kier alpha value is -2.69. The van der Waals surface area contributed by atoms with Crippen molar-refractivity contribution in [1.29, 1.82) is 0 Å². The van der Waals surface area contributed by atoms with E-state index in [0.717, 1.165) is 11.3 Å². The van der Waals surface area contributed by atoms with E-state index in [1.54, 1.807) is 18.2 Å². The Morgan fingerprint density at radius 3 is 2.62 bits per heavy atom. The number of rotatable bonds is 3. The minimum absolute atomic E-state index is 0.139. The molecular formula is C16H16N2O3. The lowest BCUT2D eigenvalue weighted by molar-refractivity contribution is -0.114. The average molecular weight is 284 g/mol. The molecule has 0 aliphatic carbocycles. The van der Waals surface area contributed by atoms with Crippen LogP contribution in [0.15, 0.2) is 36.4 Å². The van der Waals surface area contributed by atoms with E-state index in [4.69, 9.17) is 4.74 Å². The number of aryl methyl sites for hydroxylation is 1. The Morgan fingerprint density at radius 2 is 1.95 bits per heavy atom. The third-order valence-corrected chi connectivity index (χ3v) is 2.85. The Morgan fingerprint density at radius 1 is 1.19 bits per heavy atom. The molecule has 1 heterocycles. The molecule has 0 saturated carbocycles. The SMILES string of the molecule is COC(=O)c1cc(C)nc(-c2cccc(NC(C)=O)c2)c1. The van der Waals surface area contributed by atoms with Crippen molar-refractivity contribution in [3.8, 4) is 11.3 Å². The Labute approximate surface area is 123 Å². The first-order valence-corrected chi connectivity index (χ1v) is 6.44. The van der Waals surface area contributed by atoms with Gasteiger partial charge in [0.05, 0.1) is 18.4 Å². The predicted octanol–water partition coefficient (Wildman–Crippen LogP) is 2.80. The number of carbonyl (C=O) groups excluding carboxylic acids is 2. The number of esters is 1. The number of amides is 1. The molecule has 108 valence electrons. The summed E-state index contributed by atoms with van der Waals surface area (Å²) in [5, 5.41) is 2.72. The standard InChI is InChI=1S/C16H16N2O3/c1-10-7-13(16(20)21-3)9-15(17-10)12-5-4-6-14(8-12)18-11(2)19/h4-9H,1-3H3,(H,18,19). The van der Waals surface area contributed by atoms with Gasteiger partial charge in [-0.3, -0.25) is 9.78 Å². The lowest BCUT2D eigenvalue weighted by Crippen LogP contribution is -2.06. The van der Waals surface area contributed by atoms with Gasteiger partial charge in [-0.1, -0.05) is 12.1 Å². The van der Waals surface area contributed by atoms with Crippen LogP contribution in [0.4, 0.5) is 5.69 Å². The maximum atomic E-state index is 11.7. The average Bonchev–Trinajstić information content (AvgIpc) is 2.45. The van der Waals surface area contributed by atoms with Crippen LogP contribution >= 0.6 is 0 Å². The first-order chi connectivity index (χ1) is 9.99. The molecule has 0 atom stereocenters. The summed E-state index contributed by atoms with van der Waals surface area (Å²) in [6.07, 6.45) is 0. The van der Waals surface area contributed by atoms with Gasteiger partial charge in [-0.25, -0.2) is 4.79 Å². The van der Waals surface area contributed by atoms with Gasteiger partial charge in [0.2, 0.25) is 5.91 Å². The van der Waals surface area contributed by atoms with Crippen LogP contribution < -0.4 is 5.32 Å². The van der Waals surface area contributed by atoms with Crippen molar-refractivity contribution in [2.45, 2.75) is 13.8 Å². The van der Waals surface area contributed by atoms with Crippen LogP contribution in [-0.2, 0) is 9.53 Å². The van der Waals surface area contributed by atoms with E-state index >= 15 is 0 Å². The second-order valence-electron chi connectivity index (χ2n) is 4.64. The highest BCUT2D eigenvalue weighted by atomic mass is 16.5. The summed E-state index contributed by atoms with van der Waals surface area (Å²) in [5.41, 5.74) is 3.32. The summed E-state index contributed by atoms with van der Waals surface area (Å²) in [6.45, 7) is 3.26. The van der Waals surface area contributed by atoms with E-state index in [-0.39, 0.29) is 5.91 Å². The number of hydrogen-bond acceptors (Lipinski definition) is 4. The monoisotopic (exact) mass is 284 g/mol. The molecule has 0 unspecified atom stereocenters. The highest BCUT2D eigenvalue weighted by Gasteiger charge is 2.10. The molecule has 0 radical (unpaired) electrons. The molecule has 1 amide bonds. The van der Waals surface area contributed by atoms with Crippen molar-refractivity contribution in [3.63, 3.8) is 0 Å². The van der Waals surface area contributed by atoms with Crippen molar-refractivity contribution in [3.05, 3.63) is 47.7 Å². The van der Waals surface area contributed by atoms with Crippen molar-refractivity contribution in [2.24, 2.45) is 0 Å². The smallest absolute Gasteiger partial charge is 0.337 e. The maximum Gasteiger partial charge on any atom is 0.337 e. The van der Waals surface area contributed by atoms with E-state index in [1.165, 1.54) is 14.0 Å². The molecule has 0 aliphatic rings. The summed E-state index contributed by atoms with van der Waals surface area (Å²) < 4.78 is 4.73. The third kappa shape index (κ3) is 3.66. The zero-order chi connectivity index (χ0) is 15.4. The van der Waals surface area contributed by atoms with Crippen LogP contribution in [-0.4, -0.2) is 24.0 Å². The Kier molecular flexibility index (Phi) is 4.33. The number of pyridine rings is 1. The fraction of sp³-hybridized carbons (Fsp3) is 0.188. The molecule has 1 aromatic carbocycles. The number of ether oxygens (including phenoxy) is 1. The van der Waals surface area contributed by atoms with Crippen LogP contribution in [0.25, 0.3) is 11.3 Å². The molecular weight excluding hydrogens is 268 g/mol. The van der Waals surface area contributed by atoms with Crippen molar-refractivity contribution in [1.82, 2.24) is 4.98 Å². The van der Waals surface area contributed by atoms with Crippen LogP contribution in [0, 0.1) is 6.92 Å². The van der Waals surface area contributed by atoms with Gasteiger partial charge in [0.15, 0.2) is 0 Å². The number of nitrogens with zero attached hydrogens (tertiary/aromatic N) is 1. The quantitative estimate of drug-likeness (QED) is 0.880. The molecule has 0 aliphatic heterocycles. The Balaban J connectivity index is 2.44. The summed E-state index contributed by atoms with van der Waals surface area (Å²) in [4.78, 5) is 27.2. The lowest BCUT2D eigenvalue weighted by atomic mass is 10.1. The Bertz CT molecular complexity index is 696. The minimum Gasteiger partial charge on any atom is -0.465 e. The number of nitrogens with one attached hydrogen (secondary N) is 1. The topological polar surface area (TPSA) is 68.3 Å². The highest BCUT2D eigenvalue weighted by Crippen LogP contribution is 2.23. The van der Waals surface area contributed by atoms with Gasteiger partial charge in [-0.15, -0.1) is 0 Å². The summed E-state index contributed by atoms with van der Waals surface area (Å²) >= 11 is 0. The van der Waals surface area contributed by atoms with Gasteiger partial charge in [0.25, 0.3) is 0 Å². The third-order valence-electron chi connectivity index (χ3n) is 2.85. The molecule has 0 bridgehead atoms. The molecule has 0 spiro atoms. The van der Waals surface area contributed by atoms with Gasteiger partial charge in [0.1, 0.15) is 0 Å². The summed E-state index contributed by atoms with van der Waals surface area (Å²) in [6, 6.07) is 10.6. The molecule has 21 heavy (non-hydrogen) atoms. The number of carbonyl (C=O) groups is 2. The molecule has 2 aromatic rings. The number of methoxy groups -OCH3 is 1. The van der Waals surface area contributed by atoms with Crippen molar-refractivity contribution >= 4 is 17.6 Å². The van der Waals surface area contributed by atoms with Gasteiger partial charge in [-0.2, -0.15) is 0 Å². The van der Waals surface area contributed by atoms with E-state index in [2.05, 4.69) is 10.3 Å². The van der Waals surface area contributed by atoms with Gasteiger partial charge in [-0.05, 0) is 31.2 Å². The number of hydrogen-bond donors (Lipinski definition) is 1. The lowest BCUT2D eigenvalue weighted by Gasteiger charge is -2.08. The first kappa shape index (κ1) is 14.7. The molecule has 0 saturated heterocycles. The van der Waals surface area contributed by atoms with E-state index in [0.29, 0.717) is 16.9 Å². The number of aromatic nitrogens is 1. The van der Waals surface area contributed by atoms with Crippen LogP contribution in [0.3, 0.4) is 0 Å². The maximum absolute atomic E-state index is 11.7. The molecule has 1 N–H and O–H groups in total. The fourth-order valence-electron chi connectivity index (χ4n) is 2.01. The predicted molar refractivity (Wildman–Crippen MR) is 80.1 cm³/mol. The summed E-state index contributed by atoms with van der Waals surface area (Å²) in [5.74, 6) is -0.542. The van der Waals surface area contributed by atoms with Crippen molar-refractivity contribution < 1.29 is 14.3 Å². The van der Waals surface area contributed by atoms with Gasteiger partial charge < -0.3 is 10.1 Å². The van der Waals surface area contributed by atoms with Crippen LogP contribution in [0.1, 0.15) is 23.0 Å². The molecule has 0 fully saturated rings.